The van der Waals surface area contributed by atoms with Gasteiger partial charge in [0.2, 0.25) is 5.91 Å². The first kappa shape index (κ1) is 20.4. The number of carbonyl (C=O) groups is 1. The van der Waals surface area contributed by atoms with Gasteiger partial charge in [-0.3, -0.25) is 4.79 Å². The normalized spacial score (nSPS) is 13.0. The topological polar surface area (TPSA) is 105 Å². The third-order valence-electron chi connectivity index (χ3n) is 3.22. The zero-order valence-electron chi connectivity index (χ0n) is 15.1. The second kappa shape index (κ2) is 8.67. The highest BCUT2D eigenvalue weighted by Crippen LogP contribution is 2.26. The van der Waals surface area contributed by atoms with E-state index in [0.717, 1.165) is 10.1 Å². The lowest BCUT2D eigenvalue weighted by molar-refractivity contribution is -0.117. The Bertz CT molecular complexity index is 847. The van der Waals surface area contributed by atoms with Crippen LogP contribution in [0.5, 0.6) is 0 Å². The van der Waals surface area contributed by atoms with Crippen molar-refractivity contribution in [3.8, 4) is 0 Å². The minimum atomic E-state index is -3.73. The fourth-order valence-electron chi connectivity index (χ4n) is 2.04. The Morgan fingerprint density at radius 2 is 1.81 bits per heavy atom. The summed E-state index contributed by atoms with van der Waals surface area (Å²) < 4.78 is 30.2. The van der Waals surface area contributed by atoms with E-state index in [4.69, 9.17) is 0 Å². The number of aromatic nitrogens is 2. The van der Waals surface area contributed by atoms with E-state index in [1.165, 1.54) is 18.7 Å². The zero-order valence-corrected chi connectivity index (χ0v) is 16.7. The van der Waals surface area contributed by atoms with Gasteiger partial charge in [-0.25, -0.2) is 4.98 Å². The molecule has 0 saturated heterocycles. The lowest BCUT2D eigenvalue weighted by atomic mass is 10.3. The van der Waals surface area contributed by atoms with E-state index in [1.54, 1.807) is 32.2 Å². The molecule has 10 heteroatoms. The second-order valence-corrected chi connectivity index (χ2v) is 8.57. The summed E-state index contributed by atoms with van der Waals surface area (Å²) in [7, 11) is -1.81. The van der Waals surface area contributed by atoms with Gasteiger partial charge in [-0.1, -0.05) is 11.8 Å². The van der Waals surface area contributed by atoms with Crippen molar-refractivity contribution in [2.75, 3.05) is 5.32 Å². The third-order valence-corrected chi connectivity index (χ3v) is 5.75. The van der Waals surface area contributed by atoms with Gasteiger partial charge in [-0.05, 0) is 45.0 Å². The number of benzene rings is 1. The van der Waals surface area contributed by atoms with Gasteiger partial charge < -0.3 is 9.88 Å². The molecule has 8 nitrogen and oxygen atoms in total. The average Bonchev–Trinajstić information content (AvgIpc) is 2.92. The zero-order chi connectivity index (χ0) is 19.3. The fourth-order valence-corrected chi connectivity index (χ4v) is 4.11. The van der Waals surface area contributed by atoms with Crippen molar-refractivity contribution < 1.29 is 13.2 Å². The molecule has 1 amide bonds. The number of carbonyl (C=O) groups excluding carboxylic acids is 1. The summed E-state index contributed by atoms with van der Waals surface area (Å²) in [5.41, 5.74) is 0.585. The Balaban J connectivity index is 1.93. The molecule has 26 heavy (non-hydrogen) atoms. The Hall–Kier alpha value is -1.88. The molecule has 0 aliphatic carbocycles. The first-order valence-electron chi connectivity index (χ1n) is 8.02. The summed E-state index contributed by atoms with van der Waals surface area (Å²) in [6.07, 6.45) is 3.60. The van der Waals surface area contributed by atoms with Gasteiger partial charge in [0.1, 0.15) is 0 Å². The van der Waals surface area contributed by atoms with E-state index in [9.17, 15) is 13.2 Å². The number of amides is 1. The number of nitrogens with zero attached hydrogens (tertiary/aromatic N) is 2. The van der Waals surface area contributed by atoms with E-state index in [2.05, 4.69) is 19.7 Å². The molecular formula is C16H23N5O3S2. The highest BCUT2D eigenvalue weighted by Gasteiger charge is 2.20. The Morgan fingerprint density at radius 3 is 2.35 bits per heavy atom. The molecule has 1 atom stereocenters. The molecule has 2 rings (SSSR count). The largest absolute Gasteiger partial charge is 0.329 e. The maximum absolute atomic E-state index is 12.2. The van der Waals surface area contributed by atoms with Crippen LogP contribution in [0.1, 0.15) is 20.8 Å². The molecule has 2 aromatic rings. The molecule has 1 heterocycles. The molecule has 1 aromatic heterocycles. The number of nitrogens with one attached hydrogen (secondary N) is 3. The summed E-state index contributed by atoms with van der Waals surface area (Å²) in [5, 5.41) is 3.55. The van der Waals surface area contributed by atoms with Gasteiger partial charge in [0.05, 0.1) is 6.04 Å². The van der Waals surface area contributed by atoms with Crippen LogP contribution in [0, 0.1) is 0 Å². The number of rotatable bonds is 8. The van der Waals surface area contributed by atoms with Gasteiger partial charge in [-0.2, -0.15) is 17.9 Å². The SMILES string of the molecule is CC(C)NS(=O)(=O)N[C@H](C)C(=O)Nc1ccc(Sc2nccn2C)cc1. The Morgan fingerprint density at radius 1 is 1.15 bits per heavy atom. The van der Waals surface area contributed by atoms with Crippen LogP contribution in [-0.4, -0.2) is 36.0 Å². The summed E-state index contributed by atoms with van der Waals surface area (Å²) in [6.45, 7) is 4.89. The van der Waals surface area contributed by atoms with Crippen LogP contribution in [0.25, 0.3) is 0 Å². The van der Waals surface area contributed by atoms with Crippen LogP contribution in [0.2, 0.25) is 0 Å². The summed E-state index contributed by atoms with van der Waals surface area (Å²) in [4.78, 5) is 17.4. The maximum atomic E-state index is 12.2. The fraction of sp³-hybridized carbons (Fsp3) is 0.375. The average molecular weight is 398 g/mol. The second-order valence-electron chi connectivity index (χ2n) is 6.05. The predicted molar refractivity (Wildman–Crippen MR) is 102 cm³/mol. The van der Waals surface area contributed by atoms with E-state index in [-0.39, 0.29) is 6.04 Å². The molecule has 0 aliphatic heterocycles. The van der Waals surface area contributed by atoms with E-state index in [0.29, 0.717) is 5.69 Å². The lowest BCUT2D eigenvalue weighted by Crippen LogP contribution is -2.48. The molecular weight excluding hydrogens is 374 g/mol. The highest BCUT2D eigenvalue weighted by atomic mass is 32.2. The molecule has 3 N–H and O–H groups in total. The van der Waals surface area contributed by atoms with Gasteiger partial charge in [0.25, 0.3) is 10.2 Å². The van der Waals surface area contributed by atoms with Crippen LogP contribution in [-0.2, 0) is 22.1 Å². The molecule has 0 aliphatic rings. The minimum Gasteiger partial charge on any atom is -0.329 e. The summed E-state index contributed by atoms with van der Waals surface area (Å²) >= 11 is 1.51. The van der Waals surface area contributed by atoms with Gasteiger partial charge in [-0.15, -0.1) is 0 Å². The number of imidazole rings is 1. The lowest BCUT2D eigenvalue weighted by Gasteiger charge is -2.16. The standard InChI is InChI=1S/C16H23N5O3S2/c1-11(2)19-26(23,24)20-12(3)15(22)18-13-5-7-14(8-6-13)25-16-17-9-10-21(16)4/h5-12,19-20H,1-4H3,(H,18,22)/t12-/m1/s1. The number of hydrogen-bond acceptors (Lipinski definition) is 5. The number of aryl methyl sites for hydroxylation is 1. The predicted octanol–water partition coefficient (Wildman–Crippen LogP) is 1.73. The quantitative estimate of drug-likeness (QED) is 0.629. The van der Waals surface area contributed by atoms with Crippen LogP contribution in [0.3, 0.4) is 0 Å². The van der Waals surface area contributed by atoms with Crippen molar-refractivity contribution in [2.45, 2.75) is 42.9 Å². The van der Waals surface area contributed by atoms with Crippen LogP contribution in [0.4, 0.5) is 5.69 Å². The van der Waals surface area contributed by atoms with Crippen molar-refractivity contribution in [3.05, 3.63) is 36.7 Å². The van der Waals surface area contributed by atoms with Crippen molar-refractivity contribution in [1.29, 1.82) is 0 Å². The number of anilines is 1. The molecule has 0 unspecified atom stereocenters. The van der Waals surface area contributed by atoms with Crippen LogP contribution >= 0.6 is 11.8 Å². The van der Waals surface area contributed by atoms with E-state index >= 15 is 0 Å². The van der Waals surface area contributed by atoms with Gasteiger partial charge >= 0.3 is 0 Å². The van der Waals surface area contributed by atoms with Crippen LogP contribution < -0.4 is 14.8 Å². The first-order chi connectivity index (χ1) is 12.2. The molecule has 0 saturated carbocycles. The molecule has 0 bridgehead atoms. The Labute approximate surface area is 158 Å². The number of hydrogen-bond donors (Lipinski definition) is 3. The summed E-state index contributed by atoms with van der Waals surface area (Å²) in [5.74, 6) is -0.441. The minimum absolute atomic E-state index is 0.258. The van der Waals surface area contributed by atoms with Crippen molar-refractivity contribution in [3.63, 3.8) is 0 Å². The Kier molecular flexibility index (Phi) is 6.81. The molecule has 1 aromatic carbocycles. The smallest absolute Gasteiger partial charge is 0.277 e. The highest BCUT2D eigenvalue weighted by molar-refractivity contribution is 7.99. The molecule has 0 fully saturated rings. The van der Waals surface area contributed by atoms with E-state index < -0.39 is 22.2 Å². The molecule has 0 spiro atoms. The van der Waals surface area contributed by atoms with Crippen molar-refractivity contribution in [1.82, 2.24) is 19.0 Å². The van der Waals surface area contributed by atoms with Crippen molar-refractivity contribution >= 4 is 33.6 Å². The summed E-state index contributed by atoms with van der Waals surface area (Å²) in [6, 6.07) is 6.08. The monoisotopic (exact) mass is 397 g/mol. The third kappa shape index (κ3) is 6.13. The first-order valence-corrected chi connectivity index (χ1v) is 10.3. The van der Waals surface area contributed by atoms with Crippen LogP contribution in [0.15, 0.2) is 46.7 Å². The van der Waals surface area contributed by atoms with Gasteiger partial charge in [0.15, 0.2) is 5.16 Å². The van der Waals surface area contributed by atoms with Crippen molar-refractivity contribution in [2.24, 2.45) is 7.05 Å². The molecule has 0 radical (unpaired) electrons. The van der Waals surface area contributed by atoms with Gasteiger partial charge in [0, 0.05) is 36.1 Å². The molecule has 142 valence electrons. The van der Waals surface area contributed by atoms with E-state index in [1.807, 2.05) is 29.9 Å². The maximum Gasteiger partial charge on any atom is 0.277 e.